The number of hydrogen-bond donors (Lipinski definition) is 13. The van der Waals surface area contributed by atoms with Crippen molar-refractivity contribution < 1.29 is 91.9 Å². The Morgan fingerprint density at radius 1 is 0.425 bits per heavy atom. The molecule has 3 aliphatic carbocycles. The van der Waals surface area contributed by atoms with Gasteiger partial charge < -0.3 is 72.1 Å². The van der Waals surface area contributed by atoms with Crippen LogP contribution in [-0.2, 0) is 63.8 Å². The maximum Gasteiger partial charge on any atom is 0.407 e. The molecule has 0 spiro atoms. The van der Waals surface area contributed by atoms with Crippen LogP contribution in [-0.4, -0.2) is 171 Å². The summed E-state index contributed by atoms with van der Waals surface area (Å²) in [6.45, 7) is 9.69. The lowest BCUT2D eigenvalue weighted by Crippen LogP contribution is -2.52. The van der Waals surface area contributed by atoms with E-state index in [4.69, 9.17) is 44.9 Å². The van der Waals surface area contributed by atoms with Crippen molar-refractivity contribution in [2.45, 2.75) is 95.8 Å². The number of hydrogen-bond acceptors (Lipinski definition) is 18. The Bertz CT molecular complexity index is 4470. The van der Waals surface area contributed by atoms with E-state index in [1.807, 2.05) is 158 Å². The lowest BCUT2D eigenvalue weighted by molar-refractivity contribution is -0.140. The largest absolute Gasteiger partial charge is 0.480 e. The molecular formula is C84H94N10O19. The minimum atomic E-state index is -1.26. The summed E-state index contributed by atoms with van der Waals surface area (Å²) in [5.74, 6) is -5.64. The lowest BCUT2D eigenvalue weighted by Gasteiger charge is -2.19. The van der Waals surface area contributed by atoms with E-state index >= 15 is 0 Å². The molecule has 0 bridgehead atoms. The van der Waals surface area contributed by atoms with Gasteiger partial charge in [-0.2, -0.15) is 0 Å². The second-order valence-corrected chi connectivity index (χ2v) is 26.1. The SMILES string of the molecule is C1CCOC1.CC(=O)NC[C@H](NC(=O)OCC1c2ccccc2-c2ccccc21)C(=O)O.CCONC(=O)[C@H](CNC(C)=O)NC(=O)OCC1c2ccccc2-c2ccccc21.CCc1ccc(-c2ccc(C(=O)N[C@@H](CNC(C)=O)C(=O)NO)cc2)cc1.NC[C@H](NC(=O)OCC1c2ccccc2-c2ccccc21)C(=O)O. The molecule has 4 aliphatic rings. The third-order valence-corrected chi connectivity index (χ3v) is 18.4. The summed E-state index contributed by atoms with van der Waals surface area (Å²) in [4.78, 5) is 133. The number of aryl methyl sites for hydroxylation is 1. The monoisotopic (exact) mass is 1550 g/mol. The zero-order chi connectivity index (χ0) is 81.3. The van der Waals surface area contributed by atoms with E-state index in [1.165, 1.54) is 44.7 Å². The number of ether oxygens (including phenoxy) is 4. The van der Waals surface area contributed by atoms with Crippen LogP contribution < -0.4 is 53.9 Å². The fourth-order valence-electron chi connectivity index (χ4n) is 12.7. The van der Waals surface area contributed by atoms with E-state index in [2.05, 4.69) is 73.9 Å². The fraction of sp³-hybridized carbons (Fsp3) is 0.298. The highest BCUT2D eigenvalue weighted by molar-refractivity contribution is 5.98. The fourth-order valence-corrected chi connectivity index (χ4v) is 12.7. The molecule has 113 heavy (non-hydrogen) atoms. The molecular weight excluding hydrogens is 1450 g/mol. The number of carbonyl (C=O) groups excluding carboxylic acids is 9. The molecule has 12 rings (SSSR count). The van der Waals surface area contributed by atoms with Crippen LogP contribution in [0.5, 0.6) is 0 Å². The van der Waals surface area contributed by atoms with Crippen LogP contribution in [0.25, 0.3) is 44.5 Å². The minimum absolute atomic E-state index is 0.0655. The van der Waals surface area contributed by atoms with Gasteiger partial charge in [-0.15, -0.1) is 0 Å². The van der Waals surface area contributed by atoms with Crippen molar-refractivity contribution in [1.82, 2.24) is 48.2 Å². The van der Waals surface area contributed by atoms with Gasteiger partial charge >= 0.3 is 30.2 Å². The van der Waals surface area contributed by atoms with Gasteiger partial charge in [-0.05, 0) is 122 Å². The molecule has 4 atom stereocenters. The molecule has 8 aromatic carbocycles. The highest BCUT2D eigenvalue weighted by Crippen LogP contribution is 2.47. The van der Waals surface area contributed by atoms with E-state index in [0.29, 0.717) is 5.56 Å². The Hall–Kier alpha value is -12.8. The van der Waals surface area contributed by atoms with Gasteiger partial charge in [-0.3, -0.25) is 38.8 Å². The molecule has 8 aromatic rings. The average Bonchev–Trinajstić information content (AvgIpc) is 1.62. The number of alkyl carbamates (subject to hydrolysis) is 3. The summed E-state index contributed by atoms with van der Waals surface area (Å²) < 4.78 is 20.9. The molecule has 0 unspecified atom stereocenters. The number of aliphatic carboxylic acids is 2. The highest BCUT2D eigenvalue weighted by atomic mass is 16.7. The summed E-state index contributed by atoms with van der Waals surface area (Å²) in [7, 11) is 0. The first-order chi connectivity index (χ1) is 54.5. The predicted molar refractivity (Wildman–Crippen MR) is 419 cm³/mol. The van der Waals surface area contributed by atoms with Crippen molar-refractivity contribution in [3.8, 4) is 44.5 Å². The number of amides is 9. The zero-order valence-corrected chi connectivity index (χ0v) is 63.2. The van der Waals surface area contributed by atoms with Crippen molar-refractivity contribution >= 4 is 65.7 Å². The number of nitrogens with two attached hydrogens (primary N) is 1. The van der Waals surface area contributed by atoms with E-state index < -0.39 is 72.1 Å². The molecule has 1 heterocycles. The van der Waals surface area contributed by atoms with E-state index in [-0.39, 0.29) is 88.1 Å². The van der Waals surface area contributed by atoms with Crippen molar-refractivity contribution in [3.05, 3.63) is 239 Å². The number of carboxylic acids is 2. The molecule has 9 amide bonds. The first-order valence-electron chi connectivity index (χ1n) is 36.7. The molecule has 14 N–H and O–H groups in total. The molecule has 1 saturated heterocycles. The molecule has 1 fully saturated rings. The lowest BCUT2D eigenvalue weighted by atomic mass is 9.98. The first-order valence-corrected chi connectivity index (χ1v) is 36.7. The molecule has 0 saturated carbocycles. The third-order valence-electron chi connectivity index (χ3n) is 18.4. The standard InChI is InChI=1S/C22H25N3O5.C20H23N3O4.C20H20N2O5.C18H18N2O4.C4H8O/c1-3-30-25-21(27)20(12-23-14(2)26)24-22(28)29-13-19-17-10-6-4-8-15(17)16-9-5-7-11-18(16)19;1-3-14-4-6-15(7-5-14)16-8-10-17(11-9-16)19(25)22-18(20(26)23-27)12-21-13(2)24;1-12(23)21-10-18(19(24)25)22-20(26)27-11-17-15-8-4-2-6-13(15)14-7-3-5-9-16(14)17;19-9-16(17(21)22)20-18(23)24-10-15-13-7-3-1-5-11(13)12-6-2-4-8-14(12)15;1-2-4-5-3-1/h4-11,19-20H,3,12-13H2,1-2H3,(H,23,26)(H,24,28)(H,25,27);4-11,18,27H,3,12H2,1-2H3,(H,21,24)(H,22,25)(H,23,26);2-9,17-18H,10-11H2,1H3,(H,21,23)(H,22,26)(H,24,25);1-8,15-16H,9-10,19H2,(H,20,23)(H,21,22);1-4H2/t20-;2*18-;16-;/m0000./s1. The number of carbonyl (C=O) groups is 11. The van der Waals surface area contributed by atoms with Crippen molar-refractivity contribution in [3.63, 3.8) is 0 Å². The van der Waals surface area contributed by atoms with Crippen LogP contribution in [0.1, 0.15) is 115 Å². The van der Waals surface area contributed by atoms with Gasteiger partial charge in [0.2, 0.25) is 17.7 Å². The number of fused-ring (bicyclic) bond motifs is 9. The average molecular weight is 1550 g/mol. The van der Waals surface area contributed by atoms with E-state index in [9.17, 15) is 52.7 Å². The first kappa shape index (κ1) is 85.8. The van der Waals surface area contributed by atoms with Crippen LogP contribution in [0.15, 0.2) is 194 Å². The maximum atomic E-state index is 12.4. The number of nitrogens with one attached hydrogen (secondary N) is 9. The van der Waals surface area contributed by atoms with Gasteiger partial charge in [0.1, 0.15) is 44.0 Å². The Kier molecular flexibility index (Phi) is 33.0. The number of rotatable bonds is 26. The summed E-state index contributed by atoms with van der Waals surface area (Å²) in [6, 6.07) is 58.5. The van der Waals surface area contributed by atoms with Gasteiger partial charge in [0.25, 0.3) is 17.7 Å². The number of benzene rings is 8. The predicted octanol–water partition coefficient (Wildman–Crippen LogP) is 8.60. The highest BCUT2D eigenvalue weighted by Gasteiger charge is 2.34. The molecule has 29 nitrogen and oxygen atoms in total. The molecule has 0 aromatic heterocycles. The Balaban J connectivity index is 0.000000185. The van der Waals surface area contributed by atoms with Gasteiger partial charge in [0.15, 0.2) is 0 Å². The van der Waals surface area contributed by atoms with Crippen molar-refractivity contribution in [2.75, 3.05) is 65.8 Å². The summed E-state index contributed by atoms with van der Waals surface area (Å²) in [6.07, 6.45) is 1.16. The molecule has 594 valence electrons. The van der Waals surface area contributed by atoms with Gasteiger partial charge in [0.05, 0.1) is 6.61 Å². The van der Waals surface area contributed by atoms with Crippen LogP contribution in [0.4, 0.5) is 14.4 Å². The molecule has 29 heteroatoms. The number of hydroxylamine groups is 2. The quantitative estimate of drug-likeness (QED) is 0.0137. The van der Waals surface area contributed by atoms with E-state index in [0.717, 1.165) is 97.5 Å². The van der Waals surface area contributed by atoms with Crippen LogP contribution in [0, 0.1) is 0 Å². The minimum Gasteiger partial charge on any atom is -0.480 e. The summed E-state index contributed by atoms with van der Waals surface area (Å²) in [5, 5.41) is 43.7. The van der Waals surface area contributed by atoms with Crippen LogP contribution >= 0.6 is 0 Å². The van der Waals surface area contributed by atoms with Gasteiger partial charge in [-0.25, -0.2) is 34.9 Å². The molecule has 1 aliphatic heterocycles. The Labute approximate surface area is 653 Å². The molecule has 0 radical (unpaired) electrons. The van der Waals surface area contributed by atoms with Crippen molar-refractivity contribution in [2.24, 2.45) is 5.73 Å². The Morgan fingerprint density at radius 3 is 1.04 bits per heavy atom. The summed E-state index contributed by atoms with van der Waals surface area (Å²) in [5.41, 5.74) is 25.9. The van der Waals surface area contributed by atoms with Crippen molar-refractivity contribution in [1.29, 1.82) is 0 Å². The zero-order valence-electron chi connectivity index (χ0n) is 63.2. The second-order valence-electron chi connectivity index (χ2n) is 26.1. The maximum absolute atomic E-state index is 12.4. The van der Waals surface area contributed by atoms with Crippen LogP contribution in [0.3, 0.4) is 0 Å². The van der Waals surface area contributed by atoms with Gasteiger partial charge in [0, 0.05) is 83.5 Å². The van der Waals surface area contributed by atoms with Gasteiger partial charge in [-0.1, -0.05) is 189 Å². The normalized spacial score (nSPS) is 13.3. The topological polar surface area (TPSA) is 429 Å². The van der Waals surface area contributed by atoms with Crippen LogP contribution in [0.2, 0.25) is 0 Å². The Morgan fingerprint density at radius 2 is 0.743 bits per heavy atom. The van der Waals surface area contributed by atoms with E-state index in [1.54, 1.807) is 19.1 Å². The smallest absolute Gasteiger partial charge is 0.407 e. The number of carboxylic acid groups (broad SMARTS) is 2. The third kappa shape index (κ3) is 24.8. The summed E-state index contributed by atoms with van der Waals surface area (Å²) >= 11 is 0. The second kappa shape index (κ2) is 43.5.